The lowest BCUT2D eigenvalue weighted by Gasteiger charge is -2.37. The van der Waals surface area contributed by atoms with Crippen molar-refractivity contribution in [3.63, 3.8) is 0 Å². The molecule has 0 saturated carbocycles. The first kappa shape index (κ1) is 16.6. The van der Waals surface area contributed by atoms with E-state index in [4.69, 9.17) is 0 Å². The highest BCUT2D eigenvalue weighted by Gasteiger charge is 2.48. The van der Waals surface area contributed by atoms with Gasteiger partial charge in [-0.3, -0.25) is 14.7 Å². The van der Waals surface area contributed by atoms with Gasteiger partial charge in [0.15, 0.2) is 0 Å². The molecular formula is C19H22N4O3. The van der Waals surface area contributed by atoms with Crippen LogP contribution in [0.1, 0.15) is 29.8 Å². The van der Waals surface area contributed by atoms with E-state index in [0.29, 0.717) is 36.5 Å². The molecule has 2 saturated heterocycles. The zero-order chi connectivity index (χ0) is 18.3. The van der Waals surface area contributed by atoms with Gasteiger partial charge in [0.1, 0.15) is 11.4 Å². The molecule has 7 heteroatoms. The highest BCUT2D eigenvalue weighted by Crippen LogP contribution is 2.40. The van der Waals surface area contributed by atoms with Gasteiger partial charge < -0.3 is 14.9 Å². The van der Waals surface area contributed by atoms with Crippen molar-refractivity contribution in [1.82, 2.24) is 20.0 Å². The molecule has 1 aromatic carbocycles. The second-order valence-electron chi connectivity index (χ2n) is 7.27. The topological polar surface area (TPSA) is 89.5 Å². The van der Waals surface area contributed by atoms with E-state index in [0.717, 1.165) is 19.4 Å². The predicted octanol–water partition coefficient (Wildman–Crippen LogP) is 1.87. The quantitative estimate of drug-likeness (QED) is 0.861. The number of nitrogens with one attached hydrogen (secondary N) is 1. The molecule has 136 valence electrons. The van der Waals surface area contributed by atoms with Crippen molar-refractivity contribution in [2.24, 2.45) is 5.41 Å². The third-order valence-corrected chi connectivity index (χ3v) is 5.58. The van der Waals surface area contributed by atoms with Crippen LogP contribution in [0.2, 0.25) is 0 Å². The lowest BCUT2D eigenvalue weighted by Crippen LogP contribution is -2.48. The van der Waals surface area contributed by atoms with Crippen LogP contribution in [0.25, 0.3) is 11.3 Å². The number of carbonyl (C=O) groups is 2. The van der Waals surface area contributed by atoms with Gasteiger partial charge in [0.05, 0.1) is 11.1 Å². The van der Waals surface area contributed by atoms with Gasteiger partial charge in [0.25, 0.3) is 5.91 Å². The van der Waals surface area contributed by atoms with Crippen LogP contribution in [0.15, 0.2) is 30.3 Å². The number of para-hydroxylation sites is 1. The molecule has 3 heterocycles. The average Bonchev–Trinajstić information content (AvgIpc) is 3.28. The van der Waals surface area contributed by atoms with Gasteiger partial charge in [0.2, 0.25) is 5.91 Å². The maximum Gasteiger partial charge on any atom is 0.271 e. The van der Waals surface area contributed by atoms with E-state index in [-0.39, 0.29) is 17.6 Å². The first-order valence-electron chi connectivity index (χ1n) is 8.89. The van der Waals surface area contributed by atoms with E-state index in [1.165, 1.54) is 0 Å². The van der Waals surface area contributed by atoms with Gasteiger partial charge in [-0.25, -0.2) is 0 Å². The number of phenols is 1. The molecule has 1 aromatic heterocycles. The molecule has 2 aliphatic rings. The minimum atomic E-state index is -0.427. The van der Waals surface area contributed by atoms with Gasteiger partial charge in [-0.1, -0.05) is 12.1 Å². The second-order valence-corrected chi connectivity index (χ2v) is 7.27. The van der Waals surface area contributed by atoms with Gasteiger partial charge in [-0.05, 0) is 37.5 Å². The molecule has 1 atom stereocenters. The van der Waals surface area contributed by atoms with Crippen molar-refractivity contribution in [3.05, 3.63) is 36.0 Å². The van der Waals surface area contributed by atoms with Gasteiger partial charge in [-0.15, -0.1) is 0 Å². The van der Waals surface area contributed by atoms with Crippen molar-refractivity contribution in [2.75, 3.05) is 26.7 Å². The van der Waals surface area contributed by atoms with Crippen LogP contribution in [-0.2, 0) is 4.79 Å². The standard InChI is InChI=1S/C19H22N4O3/c1-22-9-4-7-19(18(22)26)8-10-23(12-19)17(25)15-11-14(20-21-15)13-5-2-3-6-16(13)24/h2-3,5-6,11,24H,4,7-10,12H2,1H3,(H,20,21)/t19-/m0/s1. The number of likely N-dealkylation sites (tertiary alicyclic amines) is 2. The van der Waals surface area contributed by atoms with E-state index < -0.39 is 5.41 Å². The lowest BCUT2D eigenvalue weighted by molar-refractivity contribution is -0.143. The Morgan fingerprint density at radius 1 is 1.27 bits per heavy atom. The van der Waals surface area contributed by atoms with E-state index in [9.17, 15) is 14.7 Å². The molecule has 1 spiro atoms. The van der Waals surface area contributed by atoms with Gasteiger partial charge in [-0.2, -0.15) is 5.10 Å². The number of nitrogens with zero attached hydrogens (tertiary/aromatic N) is 3. The van der Waals surface area contributed by atoms with Crippen molar-refractivity contribution < 1.29 is 14.7 Å². The predicted molar refractivity (Wildman–Crippen MR) is 95.5 cm³/mol. The number of aromatic nitrogens is 2. The van der Waals surface area contributed by atoms with Crippen LogP contribution in [0.4, 0.5) is 0 Å². The van der Waals surface area contributed by atoms with Crippen LogP contribution in [-0.4, -0.2) is 63.6 Å². The Bertz CT molecular complexity index is 862. The molecule has 2 aliphatic heterocycles. The Morgan fingerprint density at radius 3 is 2.88 bits per heavy atom. The molecular weight excluding hydrogens is 332 g/mol. The van der Waals surface area contributed by atoms with Gasteiger partial charge in [0, 0.05) is 32.2 Å². The molecule has 4 rings (SSSR count). The SMILES string of the molecule is CN1CCC[C@@]2(CCN(C(=O)c3cc(-c4ccccc4O)n[nH]3)C2)C1=O. The number of H-pyrrole nitrogens is 1. The summed E-state index contributed by atoms with van der Waals surface area (Å²) in [5, 5.41) is 16.9. The average molecular weight is 354 g/mol. The normalized spacial score (nSPS) is 23.0. The third kappa shape index (κ3) is 2.64. The molecule has 0 aliphatic carbocycles. The van der Waals surface area contributed by atoms with E-state index in [2.05, 4.69) is 10.2 Å². The fourth-order valence-electron chi connectivity index (χ4n) is 4.12. The minimum Gasteiger partial charge on any atom is -0.507 e. The number of carbonyl (C=O) groups excluding carboxylic acids is 2. The summed E-state index contributed by atoms with van der Waals surface area (Å²) < 4.78 is 0. The van der Waals surface area contributed by atoms with Crippen molar-refractivity contribution in [1.29, 1.82) is 0 Å². The van der Waals surface area contributed by atoms with Crippen molar-refractivity contribution in [3.8, 4) is 17.0 Å². The third-order valence-electron chi connectivity index (χ3n) is 5.58. The highest BCUT2D eigenvalue weighted by atomic mass is 16.3. The second kappa shape index (κ2) is 6.16. The Labute approximate surface area is 151 Å². The molecule has 2 aromatic rings. The molecule has 7 nitrogen and oxygen atoms in total. The number of rotatable bonds is 2. The summed E-state index contributed by atoms with van der Waals surface area (Å²) in [6, 6.07) is 8.53. The Hall–Kier alpha value is -2.83. The van der Waals surface area contributed by atoms with Crippen LogP contribution in [0, 0.1) is 5.41 Å². The Balaban J connectivity index is 1.53. The monoisotopic (exact) mass is 354 g/mol. The molecule has 2 N–H and O–H groups in total. The summed E-state index contributed by atoms with van der Waals surface area (Å²) in [5.41, 5.74) is 1.04. The summed E-state index contributed by atoms with van der Waals surface area (Å²) >= 11 is 0. The van der Waals surface area contributed by atoms with Crippen molar-refractivity contribution in [2.45, 2.75) is 19.3 Å². The lowest BCUT2D eigenvalue weighted by atomic mass is 9.78. The summed E-state index contributed by atoms with van der Waals surface area (Å²) in [6.07, 6.45) is 2.53. The number of aromatic amines is 1. The molecule has 2 amide bonds. The number of piperidine rings is 1. The molecule has 26 heavy (non-hydrogen) atoms. The Kier molecular flexibility index (Phi) is 3.94. The van der Waals surface area contributed by atoms with Crippen LogP contribution >= 0.6 is 0 Å². The summed E-state index contributed by atoms with van der Waals surface area (Å²) in [6.45, 7) is 1.82. The Morgan fingerprint density at radius 2 is 2.08 bits per heavy atom. The number of benzene rings is 1. The summed E-state index contributed by atoms with van der Waals surface area (Å²) in [4.78, 5) is 29.0. The van der Waals surface area contributed by atoms with Crippen molar-refractivity contribution >= 4 is 11.8 Å². The number of hydrogen-bond donors (Lipinski definition) is 2. The fraction of sp³-hybridized carbons (Fsp3) is 0.421. The molecule has 0 radical (unpaired) electrons. The maximum absolute atomic E-state index is 12.9. The van der Waals surface area contributed by atoms with Crippen LogP contribution < -0.4 is 0 Å². The number of amides is 2. The van der Waals surface area contributed by atoms with E-state index >= 15 is 0 Å². The first-order chi connectivity index (χ1) is 12.5. The van der Waals surface area contributed by atoms with Gasteiger partial charge >= 0.3 is 0 Å². The molecule has 2 fully saturated rings. The van der Waals surface area contributed by atoms with E-state index in [1.54, 1.807) is 40.1 Å². The highest BCUT2D eigenvalue weighted by molar-refractivity contribution is 5.95. The number of hydrogen-bond acceptors (Lipinski definition) is 4. The molecule has 0 unspecified atom stereocenters. The number of aromatic hydroxyl groups is 1. The smallest absolute Gasteiger partial charge is 0.271 e. The van der Waals surface area contributed by atoms with Crippen LogP contribution in [0.5, 0.6) is 5.75 Å². The maximum atomic E-state index is 12.9. The summed E-state index contributed by atoms with van der Waals surface area (Å²) in [5.74, 6) is 0.115. The zero-order valence-corrected chi connectivity index (χ0v) is 14.7. The minimum absolute atomic E-state index is 0.119. The van der Waals surface area contributed by atoms with Crippen LogP contribution in [0.3, 0.4) is 0 Å². The zero-order valence-electron chi connectivity index (χ0n) is 14.7. The van der Waals surface area contributed by atoms with E-state index in [1.807, 2.05) is 7.05 Å². The number of phenolic OH excluding ortho intramolecular Hbond substituents is 1. The largest absolute Gasteiger partial charge is 0.507 e. The summed E-state index contributed by atoms with van der Waals surface area (Å²) in [7, 11) is 1.83. The molecule has 0 bridgehead atoms. The first-order valence-corrected chi connectivity index (χ1v) is 8.89. The fourth-order valence-corrected chi connectivity index (χ4v) is 4.12.